The van der Waals surface area contributed by atoms with Gasteiger partial charge in [0.25, 0.3) is 0 Å². The van der Waals surface area contributed by atoms with Gasteiger partial charge in [-0.25, -0.2) is 4.98 Å². The van der Waals surface area contributed by atoms with Crippen molar-refractivity contribution in [2.45, 2.75) is 19.8 Å². The van der Waals surface area contributed by atoms with Crippen molar-refractivity contribution in [3.8, 4) is 5.75 Å². The topological polar surface area (TPSA) is 48.1 Å². The zero-order valence-electron chi connectivity index (χ0n) is 10.3. The SMILES string of the molecule is CCCc1cc2c(OC)c(Br)cc(Br)c2nc1N. The van der Waals surface area contributed by atoms with Crippen molar-refractivity contribution in [2.75, 3.05) is 12.8 Å². The van der Waals surface area contributed by atoms with E-state index in [1.165, 1.54) is 0 Å². The zero-order valence-corrected chi connectivity index (χ0v) is 13.4. The number of ether oxygens (including phenoxy) is 1. The van der Waals surface area contributed by atoms with Gasteiger partial charge in [-0.05, 0) is 56.0 Å². The normalized spacial score (nSPS) is 10.9. The Morgan fingerprint density at radius 1 is 1.28 bits per heavy atom. The van der Waals surface area contributed by atoms with E-state index in [9.17, 15) is 0 Å². The maximum absolute atomic E-state index is 5.99. The van der Waals surface area contributed by atoms with E-state index >= 15 is 0 Å². The molecule has 0 spiro atoms. The van der Waals surface area contributed by atoms with E-state index in [1.54, 1.807) is 7.11 Å². The van der Waals surface area contributed by atoms with E-state index in [0.29, 0.717) is 5.82 Å². The fraction of sp³-hybridized carbons (Fsp3) is 0.308. The molecule has 2 rings (SSSR count). The van der Waals surface area contributed by atoms with E-state index in [2.05, 4.69) is 49.8 Å². The van der Waals surface area contributed by atoms with Crippen molar-refractivity contribution in [3.05, 3.63) is 26.6 Å². The summed E-state index contributed by atoms with van der Waals surface area (Å²) in [4.78, 5) is 4.47. The first-order chi connectivity index (χ1) is 8.58. The highest BCUT2D eigenvalue weighted by molar-refractivity contribution is 9.11. The Hall–Kier alpha value is -0.810. The van der Waals surface area contributed by atoms with Crippen LogP contribution in [0, 0.1) is 0 Å². The van der Waals surface area contributed by atoms with Gasteiger partial charge in [0.05, 0.1) is 17.1 Å². The first-order valence-corrected chi connectivity index (χ1v) is 7.28. The Kier molecular flexibility index (Phi) is 4.12. The summed E-state index contributed by atoms with van der Waals surface area (Å²) in [5, 5.41) is 0.969. The lowest BCUT2D eigenvalue weighted by Gasteiger charge is -2.12. The highest BCUT2D eigenvalue weighted by atomic mass is 79.9. The van der Waals surface area contributed by atoms with Crippen molar-refractivity contribution in [1.29, 1.82) is 0 Å². The van der Waals surface area contributed by atoms with E-state index < -0.39 is 0 Å². The van der Waals surface area contributed by atoms with Crippen LogP contribution >= 0.6 is 31.9 Å². The molecule has 2 N–H and O–H groups in total. The summed E-state index contributed by atoms with van der Waals surface area (Å²) in [6.45, 7) is 2.12. The minimum absolute atomic E-state index is 0.592. The lowest BCUT2D eigenvalue weighted by molar-refractivity contribution is 0.417. The molecule has 0 fully saturated rings. The van der Waals surface area contributed by atoms with Gasteiger partial charge in [-0.15, -0.1) is 0 Å². The molecule has 1 aromatic carbocycles. The molecule has 3 nitrogen and oxygen atoms in total. The van der Waals surface area contributed by atoms with Crippen molar-refractivity contribution in [2.24, 2.45) is 0 Å². The molecule has 5 heteroatoms. The molecule has 1 heterocycles. The molecule has 0 amide bonds. The molecule has 0 aliphatic carbocycles. The number of aryl methyl sites for hydroxylation is 1. The van der Waals surface area contributed by atoms with Crippen molar-refractivity contribution >= 4 is 48.6 Å². The van der Waals surface area contributed by atoms with Gasteiger partial charge in [-0.3, -0.25) is 0 Å². The van der Waals surface area contributed by atoms with Crippen LogP contribution < -0.4 is 10.5 Å². The molecule has 96 valence electrons. The van der Waals surface area contributed by atoms with Gasteiger partial charge in [0, 0.05) is 9.86 Å². The molecule has 0 radical (unpaired) electrons. The molecule has 0 aliphatic heterocycles. The number of nitrogens with two attached hydrogens (primary N) is 1. The summed E-state index contributed by atoms with van der Waals surface area (Å²) in [5.74, 6) is 1.38. The Balaban J connectivity index is 2.80. The summed E-state index contributed by atoms with van der Waals surface area (Å²) in [6.07, 6.45) is 1.96. The number of nitrogens with zero attached hydrogens (tertiary/aromatic N) is 1. The van der Waals surface area contributed by atoms with E-state index in [-0.39, 0.29) is 0 Å². The second-order valence-corrected chi connectivity index (χ2v) is 5.76. The highest BCUT2D eigenvalue weighted by Crippen LogP contribution is 2.38. The number of fused-ring (bicyclic) bond motifs is 1. The number of hydrogen-bond acceptors (Lipinski definition) is 3. The minimum atomic E-state index is 0.592. The number of anilines is 1. The van der Waals surface area contributed by atoms with Gasteiger partial charge in [0.1, 0.15) is 11.6 Å². The van der Waals surface area contributed by atoms with Gasteiger partial charge in [0.15, 0.2) is 0 Å². The van der Waals surface area contributed by atoms with Gasteiger partial charge < -0.3 is 10.5 Å². The Bertz CT molecular complexity index is 599. The van der Waals surface area contributed by atoms with Crippen molar-refractivity contribution in [1.82, 2.24) is 4.98 Å². The molecule has 0 saturated carbocycles. The van der Waals surface area contributed by atoms with E-state index in [4.69, 9.17) is 10.5 Å². The summed E-state index contributed by atoms with van der Waals surface area (Å²) < 4.78 is 7.24. The summed E-state index contributed by atoms with van der Waals surface area (Å²) in [7, 11) is 1.66. The highest BCUT2D eigenvalue weighted by Gasteiger charge is 2.13. The van der Waals surface area contributed by atoms with Gasteiger partial charge >= 0.3 is 0 Å². The molecule has 0 saturated heterocycles. The lowest BCUT2D eigenvalue weighted by Crippen LogP contribution is -2.00. The number of pyridine rings is 1. The second kappa shape index (κ2) is 5.45. The Morgan fingerprint density at radius 2 is 2.00 bits per heavy atom. The average Bonchev–Trinajstić information content (AvgIpc) is 2.32. The maximum atomic E-state index is 5.99. The number of nitrogen functional groups attached to an aromatic ring is 1. The van der Waals surface area contributed by atoms with Crippen LogP contribution in [-0.4, -0.2) is 12.1 Å². The Labute approximate surface area is 123 Å². The summed E-state index contributed by atoms with van der Waals surface area (Å²) in [5.41, 5.74) is 7.88. The molecule has 0 bridgehead atoms. The molecule has 2 aromatic rings. The third-order valence-corrected chi connectivity index (χ3v) is 3.99. The van der Waals surface area contributed by atoms with Crippen LogP contribution in [0.4, 0.5) is 5.82 Å². The molecular formula is C13H14Br2N2O. The third-order valence-electron chi connectivity index (χ3n) is 2.80. The van der Waals surface area contributed by atoms with E-state index in [0.717, 1.165) is 44.0 Å². The molecule has 1 aromatic heterocycles. The van der Waals surface area contributed by atoms with E-state index in [1.807, 2.05) is 6.07 Å². The third kappa shape index (κ3) is 2.34. The molecule has 0 aliphatic rings. The van der Waals surface area contributed by atoms with Crippen LogP contribution in [0.5, 0.6) is 5.75 Å². The predicted molar refractivity (Wildman–Crippen MR) is 82.1 cm³/mol. The fourth-order valence-electron chi connectivity index (χ4n) is 1.98. The number of rotatable bonds is 3. The van der Waals surface area contributed by atoms with Crippen LogP contribution in [0.2, 0.25) is 0 Å². The summed E-state index contributed by atoms with van der Waals surface area (Å²) >= 11 is 7.00. The predicted octanol–water partition coefficient (Wildman–Crippen LogP) is 4.30. The monoisotopic (exact) mass is 372 g/mol. The van der Waals surface area contributed by atoms with Crippen LogP contribution in [-0.2, 0) is 6.42 Å². The number of halogens is 2. The Morgan fingerprint density at radius 3 is 2.61 bits per heavy atom. The zero-order chi connectivity index (χ0) is 13.3. The smallest absolute Gasteiger partial charge is 0.142 e. The molecule has 0 atom stereocenters. The number of methoxy groups -OCH3 is 1. The number of benzene rings is 1. The average molecular weight is 374 g/mol. The lowest BCUT2D eigenvalue weighted by atomic mass is 10.1. The standard InChI is InChI=1S/C13H14Br2N2O/c1-3-4-7-5-8-11(17-13(7)16)9(14)6-10(15)12(8)18-2/h5-6H,3-4H2,1-2H3,(H2,16,17). The van der Waals surface area contributed by atoms with Gasteiger partial charge in [-0.2, -0.15) is 0 Å². The van der Waals surface area contributed by atoms with Crippen molar-refractivity contribution < 1.29 is 4.74 Å². The fourth-order valence-corrected chi connectivity index (χ4v) is 3.42. The van der Waals surface area contributed by atoms with Gasteiger partial charge in [0.2, 0.25) is 0 Å². The minimum Gasteiger partial charge on any atom is -0.495 e. The van der Waals surface area contributed by atoms with Crippen LogP contribution in [0.3, 0.4) is 0 Å². The number of hydrogen-bond donors (Lipinski definition) is 1. The first kappa shape index (κ1) is 13.6. The van der Waals surface area contributed by atoms with Crippen LogP contribution in [0.15, 0.2) is 21.1 Å². The van der Waals surface area contributed by atoms with Crippen LogP contribution in [0.1, 0.15) is 18.9 Å². The second-order valence-electron chi connectivity index (χ2n) is 4.05. The molecule has 18 heavy (non-hydrogen) atoms. The quantitative estimate of drug-likeness (QED) is 0.872. The van der Waals surface area contributed by atoms with Crippen molar-refractivity contribution in [3.63, 3.8) is 0 Å². The maximum Gasteiger partial charge on any atom is 0.142 e. The van der Waals surface area contributed by atoms with Gasteiger partial charge in [-0.1, -0.05) is 13.3 Å². The molecular weight excluding hydrogens is 360 g/mol. The van der Waals surface area contributed by atoms with Crippen LogP contribution in [0.25, 0.3) is 10.9 Å². The molecule has 0 unspecified atom stereocenters. The largest absolute Gasteiger partial charge is 0.495 e. The first-order valence-electron chi connectivity index (χ1n) is 5.69. The summed E-state index contributed by atoms with van der Waals surface area (Å²) in [6, 6.07) is 3.99. The number of aromatic nitrogens is 1.